The van der Waals surface area contributed by atoms with Gasteiger partial charge < -0.3 is 0 Å². The van der Waals surface area contributed by atoms with Crippen molar-refractivity contribution in [1.29, 1.82) is 0 Å². The van der Waals surface area contributed by atoms with Gasteiger partial charge in [-0.2, -0.15) is 0 Å². The molecule has 0 radical (unpaired) electrons. The van der Waals surface area contributed by atoms with E-state index >= 15 is 0 Å². The van der Waals surface area contributed by atoms with E-state index in [1.807, 2.05) is 18.5 Å². The third-order valence-electron chi connectivity index (χ3n) is 9.12. The van der Waals surface area contributed by atoms with E-state index in [-0.39, 0.29) is 0 Å². The fourth-order valence-electron chi connectivity index (χ4n) is 6.80. The lowest BCUT2D eigenvalue weighted by Crippen LogP contribution is -1.92. The van der Waals surface area contributed by atoms with Gasteiger partial charge in [-0.1, -0.05) is 121 Å². The molecule has 0 atom stereocenters. The Balaban J connectivity index is 1.27. The summed E-state index contributed by atoms with van der Waals surface area (Å²) in [6.07, 6.45) is 3.72. The first kappa shape index (κ1) is 26.3. The summed E-state index contributed by atoms with van der Waals surface area (Å²) in [6, 6.07) is 56.7. The Morgan fingerprint density at radius 3 is 1.85 bits per heavy atom. The summed E-state index contributed by atoms with van der Waals surface area (Å²) < 4.78 is 0. The molecule has 0 aliphatic carbocycles. The van der Waals surface area contributed by atoms with E-state index in [0.29, 0.717) is 0 Å². The van der Waals surface area contributed by atoms with Crippen LogP contribution in [0, 0.1) is 0 Å². The Hall–Kier alpha value is -6.12. The zero-order valence-electron chi connectivity index (χ0n) is 25.1. The van der Waals surface area contributed by atoms with E-state index in [4.69, 9.17) is 4.98 Å². The largest absolute Gasteiger partial charge is 0.264 e. The predicted molar refractivity (Wildman–Crippen MR) is 194 cm³/mol. The van der Waals surface area contributed by atoms with E-state index in [0.717, 1.165) is 44.4 Å². The summed E-state index contributed by atoms with van der Waals surface area (Å²) in [7, 11) is 0. The molecule has 2 nitrogen and oxygen atoms in total. The molecule has 0 amide bonds. The van der Waals surface area contributed by atoms with Gasteiger partial charge in [0.25, 0.3) is 0 Å². The third-order valence-corrected chi connectivity index (χ3v) is 9.12. The van der Waals surface area contributed by atoms with E-state index in [9.17, 15) is 0 Å². The van der Waals surface area contributed by atoms with Crippen molar-refractivity contribution in [1.82, 2.24) is 9.97 Å². The van der Waals surface area contributed by atoms with Crippen molar-refractivity contribution in [2.75, 3.05) is 0 Å². The molecule has 214 valence electrons. The molecule has 2 heterocycles. The molecule has 0 spiro atoms. The predicted octanol–water partition coefficient (Wildman–Crippen LogP) is 11.8. The summed E-state index contributed by atoms with van der Waals surface area (Å²) in [5.41, 5.74) is 10.0. The molecule has 0 saturated heterocycles. The first-order valence-corrected chi connectivity index (χ1v) is 15.6. The highest BCUT2D eigenvalue weighted by Gasteiger charge is 2.14. The van der Waals surface area contributed by atoms with E-state index in [2.05, 4.69) is 157 Å². The van der Waals surface area contributed by atoms with E-state index < -0.39 is 0 Å². The van der Waals surface area contributed by atoms with Crippen molar-refractivity contribution in [3.63, 3.8) is 0 Å². The van der Waals surface area contributed by atoms with Crippen molar-refractivity contribution in [2.45, 2.75) is 0 Å². The zero-order chi connectivity index (χ0) is 30.5. The van der Waals surface area contributed by atoms with Crippen molar-refractivity contribution in [3.05, 3.63) is 170 Å². The Kier molecular flexibility index (Phi) is 6.17. The van der Waals surface area contributed by atoms with Crippen LogP contribution in [0.1, 0.15) is 0 Å². The molecule has 0 saturated carbocycles. The number of pyridine rings is 2. The number of nitrogens with zero attached hydrogens (tertiary/aromatic N) is 2. The molecular weight excluding hydrogens is 556 g/mol. The number of benzene rings is 7. The maximum atomic E-state index is 5.24. The Labute approximate surface area is 267 Å². The molecule has 2 aromatic heterocycles. The molecule has 9 aromatic rings. The number of hydrogen-bond donors (Lipinski definition) is 0. The van der Waals surface area contributed by atoms with Gasteiger partial charge in [0.2, 0.25) is 0 Å². The fraction of sp³-hybridized carbons (Fsp3) is 0. The van der Waals surface area contributed by atoms with E-state index in [1.165, 1.54) is 43.4 Å². The second-order valence-corrected chi connectivity index (χ2v) is 11.9. The monoisotopic (exact) mass is 584 g/mol. The van der Waals surface area contributed by atoms with Crippen LogP contribution in [0.4, 0.5) is 0 Å². The lowest BCUT2D eigenvalue weighted by Gasteiger charge is -2.15. The second-order valence-electron chi connectivity index (χ2n) is 11.9. The van der Waals surface area contributed by atoms with Crippen LogP contribution < -0.4 is 0 Å². The van der Waals surface area contributed by atoms with Gasteiger partial charge in [0.05, 0.1) is 11.2 Å². The summed E-state index contributed by atoms with van der Waals surface area (Å²) in [4.78, 5) is 9.56. The summed E-state index contributed by atoms with van der Waals surface area (Å²) in [5.74, 6) is 0. The Morgan fingerprint density at radius 2 is 1.02 bits per heavy atom. The van der Waals surface area contributed by atoms with Crippen LogP contribution in [0.15, 0.2) is 170 Å². The molecule has 0 unspecified atom stereocenters. The molecule has 0 fully saturated rings. The molecule has 0 N–H and O–H groups in total. The van der Waals surface area contributed by atoms with Gasteiger partial charge in [0.1, 0.15) is 0 Å². The van der Waals surface area contributed by atoms with Gasteiger partial charge in [-0.25, -0.2) is 4.98 Å². The zero-order valence-corrected chi connectivity index (χ0v) is 25.1. The number of rotatable bonds is 4. The van der Waals surface area contributed by atoms with E-state index in [1.54, 1.807) is 0 Å². The molecular formula is C44H28N2. The lowest BCUT2D eigenvalue weighted by atomic mass is 9.91. The minimum Gasteiger partial charge on any atom is -0.264 e. The normalized spacial score (nSPS) is 11.5. The van der Waals surface area contributed by atoms with Gasteiger partial charge in [-0.15, -0.1) is 0 Å². The highest BCUT2D eigenvalue weighted by Crippen LogP contribution is 2.39. The quantitative estimate of drug-likeness (QED) is 0.192. The standard InChI is InChI=1S/C44H28N2/c1-2-9-32-24-35(20-17-29(32)8-1)44-27-41(31-18-15-30(16-19-31)36-11-7-23-45-28-36)42-26-34(21-22-43(42)46-44)40-25-33-10-3-4-12-37(33)38-13-5-6-14-39(38)40/h1-28H. The molecule has 0 aliphatic rings. The summed E-state index contributed by atoms with van der Waals surface area (Å²) in [5, 5.41) is 8.61. The number of fused-ring (bicyclic) bond motifs is 5. The lowest BCUT2D eigenvalue weighted by molar-refractivity contribution is 1.33. The molecule has 0 aliphatic heterocycles. The summed E-state index contributed by atoms with van der Waals surface area (Å²) in [6.45, 7) is 0. The van der Waals surface area contributed by atoms with Gasteiger partial charge in [-0.05, 0) is 102 Å². The maximum absolute atomic E-state index is 5.24. The van der Waals surface area contributed by atoms with Crippen LogP contribution in [0.3, 0.4) is 0 Å². The second kappa shape index (κ2) is 10.8. The van der Waals surface area contributed by atoms with Crippen LogP contribution in [0.5, 0.6) is 0 Å². The van der Waals surface area contributed by atoms with Crippen LogP contribution in [0.25, 0.3) is 87.9 Å². The number of hydrogen-bond acceptors (Lipinski definition) is 2. The van der Waals surface area contributed by atoms with Crippen LogP contribution in [-0.2, 0) is 0 Å². The minimum atomic E-state index is 0.966. The Bertz CT molecular complexity index is 2570. The van der Waals surface area contributed by atoms with Crippen LogP contribution >= 0.6 is 0 Å². The average molecular weight is 585 g/mol. The molecule has 9 rings (SSSR count). The van der Waals surface area contributed by atoms with Gasteiger partial charge in [0, 0.05) is 23.3 Å². The summed E-state index contributed by atoms with van der Waals surface area (Å²) >= 11 is 0. The first-order valence-electron chi connectivity index (χ1n) is 15.6. The third kappa shape index (κ3) is 4.51. The molecule has 7 aromatic carbocycles. The molecule has 46 heavy (non-hydrogen) atoms. The van der Waals surface area contributed by atoms with Crippen molar-refractivity contribution < 1.29 is 0 Å². The van der Waals surface area contributed by atoms with Gasteiger partial charge in [-0.3, -0.25) is 4.98 Å². The van der Waals surface area contributed by atoms with Crippen LogP contribution in [0.2, 0.25) is 0 Å². The van der Waals surface area contributed by atoms with Crippen molar-refractivity contribution >= 4 is 43.2 Å². The Morgan fingerprint density at radius 1 is 0.348 bits per heavy atom. The minimum absolute atomic E-state index is 0.966. The van der Waals surface area contributed by atoms with Gasteiger partial charge in [0.15, 0.2) is 0 Å². The molecule has 2 heteroatoms. The first-order chi connectivity index (χ1) is 22.8. The smallest absolute Gasteiger partial charge is 0.0716 e. The topological polar surface area (TPSA) is 25.8 Å². The highest BCUT2D eigenvalue weighted by molar-refractivity contribution is 6.14. The number of aromatic nitrogens is 2. The average Bonchev–Trinajstić information content (AvgIpc) is 3.14. The van der Waals surface area contributed by atoms with Gasteiger partial charge >= 0.3 is 0 Å². The van der Waals surface area contributed by atoms with Crippen molar-refractivity contribution in [3.8, 4) is 44.6 Å². The van der Waals surface area contributed by atoms with Crippen LogP contribution in [-0.4, -0.2) is 9.97 Å². The molecule has 0 bridgehead atoms. The maximum Gasteiger partial charge on any atom is 0.0716 e. The highest BCUT2D eigenvalue weighted by atomic mass is 14.7. The van der Waals surface area contributed by atoms with Crippen molar-refractivity contribution in [2.24, 2.45) is 0 Å². The SMILES string of the molecule is c1cncc(-c2ccc(-c3cc(-c4ccc5ccccc5c4)nc4ccc(-c5cc6ccccc6c6ccccc56)cc34)cc2)c1. The fourth-order valence-corrected chi connectivity index (χ4v) is 6.80.